The summed E-state index contributed by atoms with van der Waals surface area (Å²) in [5, 5.41) is 2.85. The highest BCUT2D eigenvalue weighted by Gasteiger charge is 2.33. The summed E-state index contributed by atoms with van der Waals surface area (Å²) in [5.41, 5.74) is -0.676. The minimum atomic E-state index is -4.45. The van der Waals surface area contributed by atoms with Crippen LogP contribution in [-0.4, -0.2) is 47.9 Å². The zero-order valence-electron chi connectivity index (χ0n) is 15.8. The van der Waals surface area contributed by atoms with E-state index in [-0.39, 0.29) is 30.0 Å². The molecule has 1 aliphatic rings. The van der Waals surface area contributed by atoms with Gasteiger partial charge in [-0.2, -0.15) is 13.2 Å². The number of nitrogens with one attached hydrogen (secondary N) is 1. The Morgan fingerprint density at radius 3 is 2.37 bits per heavy atom. The lowest BCUT2D eigenvalue weighted by Gasteiger charge is -2.34. The number of hydrogen-bond acceptors (Lipinski definition) is 2. The number of benzene rings is 1. The second kappa shape index (κ2) is 8.63. The van der Waals surface area contributed by atoms with Gasteiger partial charge in [-0.05, 0) is 24.5 Å². The molecule has 1 aliphatic heterocycles. The first-order valence-electron chi connectivity index (χ1n) is 9.05. The summed E-state index contributed by atoms with van der Waals surface area (Å²) in [7, 11) is 1.47. The van der Waals surface area contributed by atoms with Crippen LogP contribution in [0.25, 0.3) is 0 Å². The molecule has 1 heterocycles. The van der Waals surface area contributed by atoms with Crippen molar-refractivity contribution in [3.05, 3.63) is 35.4 Å². The van der Waals surface area contributed by atoms with E-state index in [0.717, 1.165) is 6.07 Å². The van der Waals surface area contributed by atoms with Crippen LogP contribution < -0.4 is 5.32 Å². The lowest BCUT2D eigenvalue weighted by molar-refractivity contribution is -0.138. The minimum absolute atomic E-state index is 0.0556. The number of halogens is 3. The highest BCUT2D eigenvalue weighted by atomic mass is 19.4. The molecule has 0 spiro atoms. The minimum Gasteiger partial charge on any atom is -0.342 e. The number of carbonyl (C=O) groups excluding carboxylic acids is 2. The van der Waals surface area contributed by atoms with E-state index in [1.807, 2.05) is 13.8 Å². The normalized spacial score (nSPS) is 15.7. The molecule has 0 unspecified atom stereocenters. The van der Waals surface area contributed by atoms with Crippen LogP contribution in [0.15, 0.2) is 24.3 Å². The summed E-state index contributed by atoms with van der Waals surface area (Å²) >= 11 is 0. The highest BCUT2D eigenvalue weighted by Crippen LogP contribution is 2.32. The first-order valence-corrected chi connectivity index (χ1v) is 9.05. The van der Waals surface area contributed by atoms with Crippen LogP contribution in [0.3, 0.4) is 0 Å². The van der Waals surface area contributed by atoms with Gasteiger partial charge in [0, 0.05) is 38.6 Å². The van der Waals surface area contributed by atoms with Crippen molar-refractivity contribution in [3.63, 3.8) is 0 Å². The standard InChI is InChI=1S/C19H26F3N3O2/c1-13(2)17(26)25-10-8-15(9-11-25)23-18(27)24(3)12-14-6-4-5-7-16(14)19(20,21)22/h4-7,13,15H,8-12H2,1-3H3,(H,23,27). The van der Waals surface area contributed by atoms with E-state index in [9.17, 15) is 22.8 Å². The quantitative estimate of drug-likeness (QED) is 0.863. The number of urea groups is 1. The lowest BCUT2D eigenvalue weighted by atomic mass is 10.0. The Balaban J connectivity index is 1.90. The summed E-state index contributed by atoms with van der Waals surface area (Å²) in [5.74, 6) is 0.0385. The van der Waals surface area contributed by atoms with E-state index in [4.69, 9.17) is 0 Å². The molecule has 1 aromatic rings. The van der Waals surface area contributed by atoms with E-state index < -0.39 is 17.8 Å². The van der Waals surface area contributed by atoms with Gasteiger partial charge in [-0.25, -0.2) is 4.79 Å². The summed E-state index contributed by atoms with van der Waals surface area (Å²) in [6.45, 7) is 4.71. The molecule has 8 heteroatoms. The van der Waals surface area contributed by atoms with E-state index in [1.165, 1.54) is 30.1 Å². The van der Waals surface area contributed by atoms with Crippen molar-refractivity contribution in [2.45, 2.75) is 45.5 Å². The predicted molar refractivity (Wildman–Crippen MR) is 95.9 cm³/mol. The molecular formula is C19H26F3N3O2. The number of piperidine rings is 1. The monoisotopic (exact) mass is 385 g/mol. The van der Waals surface area contributed by atoms with Crippen LogP contribution in [0.1, 0.15) is 37.8 Å². The molecule has 150 valence electrons. The number of amides is 3. The fraction of sp³-hybridized carbons (Fsp3) is 0.579. The van der Waals surface area contributed by atoms with Gasteiger partial charge in [-0.3, -0.25) is 4.79 Å². The van der Waals surface area contributed by atoms with Gasteiger partial charge in [0.05, 0.1) is 5.56 Å². The van der Waals surface area contributed by atoms with Crippen molar-refractivity contribution in [3.8, 4) is 0 Å². The van der Waals surface area contributed by atoms with E-state index in [1.54, 1.807) is 4.90 Å². The Bertz CT molecular complexity index is 668. The predicted octanol–water partition coefficient (Wildman–Crippen LogP) is 3.49. The van der Waals surface area contributed by atoms with E-state index >= 15 is 0 Å². The molecule has 1 aromatic carbocycles. The van der Waals surface area contributed by atoms with Crippen LogP contribution in [-0.2, 0) is 17.5 Å². The Morgan fingerprint density at radius 2 is 1.81 bits per heavy atom. The van der Waals surface area contributed by atoms with Crippen molar-refractivity contribution in [1.29, 1.82) is 0 Å². The van der Waals surface area contributed by atoms with Crippen molar-refractivity contribution in [1.82, 2.24) is 15.1 Å². The summed E-state index contributed by atoms with van der Waals surface area (Å²) in [6, 6.07) is 4.75. The maximum Gasteiger partial charge on any atom is 0.416 e. The van der Waals surface area contributed by atoms with Gasteiger partial charge in [0.25, 0.3) is 0 Å². The average molecular weight is 385 g/mol. The highest BCUT2D eigenvalue weighted by molar-refractivity contribution is 5.78. The van der Waals surface area contributed by atoms with Crippen molar-refractivity contribution in [2.24, 2.45) is 5.92 Å². The van der Waals surface area contributed by atoms with Gasteiger partial charge in [-0.15, -0.1) is 0 Å². The van der Waals surface area contributed by atoms with Crippen molar-refractivity contribution in [2.75, 3.05) is 20.1 Å². The van der Waals surface area contributed by atoms with Gasteiger partial charge in [-0.1, -0.05) is 32.0 Å². The maximum atomic E-state index is 13.1. The number of alkyl halides is 3. The maximum absolute atomic E-state index is 13.1. The third kappa shape index (κ3) is 5.61. The molecule has 1 fully saturated rings. The zero-order chi connectivity index (χ0) is 20.2. The molecule has 3 amide bonds. The number of rotatable bonds is 4. The van der Waals surface area contributed by atoms with Gasteiger partial charge < -0.3 is 15.1 Å². The second-order valence-corrected chi connectivity index (χ2v) is 7.21. The molecule has 1 saturated heterocycles. The molecule has 0 atom stereocenters. The molecule has 0 aromatic heterocycles. The van der Waals surface area contributed by atoms with Gasteiger partial charge in [0.15, 0.2) is 0 Å². The van der Waals surface area contributed by atoms with E-state index in [0.29, 0.717) is 25.9 Å². The summed E-state index contributed by atoms with van der Waals surface area (Å²) in [6.07, 6.45) is -3.18. The molecule has 1 N–H and O–H groups in total. The van der Waals surface area contributed by atoms with Crippen LogP contribution in [0, 0.1) is 5.92 Å². The van der Waals surface area contributed by atoms with Crippen molar-refractivity contribution < 1.29 is 22.8 Å². The van der Waals surface area contributed by atoms with E-state index in [2.05, 4.69) is 5.32 Å². The SMILES string of the molecule is CC(C)C(=O)N1CCC(NC(=O)N(C)Cc2ccccc2C(F)(F)F)CC1. The smallest absolute Gasteiger partial charge is 0.342 e. The number of hydrogen-bond donors (Lipinski definition) is 1. The van der Waals surface area contributed by atoms with Crippen LogP contribution >= 0.6 is 0 Å². The van der Waals surface area contributed by atoms with Crippen molar-refractivity contribution >= 4 is 11.9 Å². The summed E-state index contributed by atoms with van der Waals surface area (Å²) < 4.78 is 39.2. The molecule has 0 radical (unpaired) electrons. The first-order chi connectivity index (χ1) is 12.6. The van der Waals surface area contributed by atoms with Crippen LogP contribution in [0.4, 0.5) is 18.0 Å². The Hall–Kier alpha value is -2.25. The number of likely N-dealkylation sites (tertiary alicyclic amines) is 1. The van der Waals surface area contributed by atoms with Gasteiger partial charge in [0.2, 0.25) is 5.91 Å². The molecule has 0 bridgehead atoms. The third-order valence-electron chi connectivity index (χ3n) is 4.71. The van der Waals surface area contributed by atoms with Crippen LogP contribution in [0.2, 0.25) is 0 Å². The average Bonchev–Trinajstić information content (AvgIpc) is 2.61. The molecule has 0 aliphatic carbocycles. The Morgan fingerprint density at radius 1 is 1.22 bits per heavy atom. The van der Waals surface area contributed by atoms with Gasteiger partial charge in [0.1, 0.15) is 0 Å². The number of nitrogens with zero attached hydrogens (tertiary/aromatic N) is 2. The number of carbonyl (C=O) groups is 2. The molecule has 5 nitrogen and oxygen atoms in total. The largest absolute Gasteiger partial charge is 0.416 e. The van der Waals surface area contributed by atoms with Crippen LogP contribution in [0.5, 0.6) is 0 Å². The molecular weight excluding hydrogens is 359 g/mol. The first kappa shape index (κ1) is 21.1. The zero-order valence-corrected chi connectivity index (χ0v) is 15.8. The Labute approximate surface area is 157 Å². The lowest BCUT2D eigenvalue weighted by Crippen LogP contribution is -2.50. The molecule has 2 rings (SSSR count). The Kier molecular flexibility index (Phi) is 6.73. The summed E-state index contributed by atoms with van der Waals surface area (Å²) in [4.78, 5) is 27.4. The molecule has 27 heavy (non-hydrogen) atoms. The fourth-order valence-electron chi connectivity index (χ4n) is 3.16. The topological polar surface area (TPSA) is 52.7 Å². The molecule has 0 saturated carbocycles. The van der Waals surface area contributed by atoms with Gasteiger partial charge >= 0.3 is 12.2 Å². The second-order valence-electron chi connectivity index (χ2n) is 7.21. The fourth-order valence-corrected chi connectivity index (χ4v) is 3.16. The third-order valence-corrected chi connectivity index (χ3v) is 4.71.